The van der Waals surface area contributed by atoms with E-state index in [-0.39, 0.29) is 5.56 Å². The van der Waals surface area contributed by atoms with Crippen molar-refractivity contribution < 1.29 is 22.7 Å². The highest BCUT2D eigenvalue weighted by Gasteiger charge is 2.27. The zero-order valence-electron chi connectivity index (χ0n) is 10.9. The number of hydrogen-bond acceptors (Lipinski definition) is 4. The molecule has 1 aromatic heterocycles. The summed E-state index contributed by atoms with van der Waals surface area (Å²) < 4.78 is 40.1. The summed E-state index contributed by atoms with van der Waals surface area (Å²) in [6.45, 7) is 1.45. The molecule has 1 aromatic carbocycles. The van der Waals surface area contributed by atoms with Gasteiger partial charge in [0.25, 0.3) is 10.0 Å². The van der Waals surface area contributed by atoms with Crippen LogP contribution in [0.3, 0.4) is 0 Å². The highest BCUT2D eigenvalue weighted by Crippen LogP contribution is 2.20. The smallest absolute Gasteiger partial charge is 0.340 e. The topological polar surface area (TPSA) is 112 Å². The van der Waals surface area contributed by atoms with Crippen molar-refractivity contribution in [3.05, 3.63) is 47.4 Å². The lowest BCUT2D eigenvalue weighted by molar-refractivity contribution is 0.0692. The van der Waals surface area contributed by atoms with Crippen molar-refractivity contribution in [2.24, 2.45) is 0 Å². The molecule has 0 bridgehead atoms. The minimum absolute atomic E-state index is 0.150. The van der Waals surface area contributed by atoms with Gasteiger partial charge in [-0.2, -0.15) is 5.10 Å². The molecule has 0 amide bonds. The number of halogens is 1. The predicted molar refractivity (Wildman–Crippen MR) is 70.7 cm³/mol. The zero-order chi connectivity index (χ0) is 15.6. The van der Waals surface area contributed by atoms with Crippen LogP contribution in [0, 0.1) is 5.82 Å². The van der Waals surface area contributed by atoms with Crippen molar-refractivity contribution in [1.82, 2.24) is 14.9 Å². The number of nitrogens with zero attached hydrogens (tertiary/aromatic N) is 1. The largest absolute Gasteiger partial charge is 0.478 e. The summed E-state index contributed by atoms with van der Waals surface area (Å²) in [5.74, 6) is -1.99. The first kappa shape index (κ1) is 15.1. The number of H-pyrrole nitrogens is 1. The summed E-state index contributed by atoms with van der Waals surface area (Å²) in [5.41, 5.74) is -0.333. The third kappa shape index (κ3) is 3.09. The fraction of sp³-hybridized carbons (Fsp3) is 0.167. The molecule has 0 unspecified atom stereocenters. The molecule has 0 fully saturated rings. The Hall–Kier alpha value is -2.26. The van der Waals surface area contributed by atoms with Crippen molar-refractivity contribution in [2.45, 2.75) is 18.0 Å². The Labute approximate surface area is 119 Å². The lowest BCUT2D eigenvalue weighted by Crippen LogP contribution is -2.29. The van der Waals surface area contributed by atoms with Gasteiger partial charge < -0.3 is 5.11 Å². The Morgan fingerprint density at radius 1 is 1.43 bits per heavy atom. The number of aromatic nitrogens is 2. The third-order valence-electron chi connectivity index (χ3n) is 2.81. The van der Waals surface area contributed by atoms with E-state index in [1.54, 1.807) is 6.07 Å². The van der Waals surface area contributed by atoms with E-state index in [1.807, 2.05) is 0 Å². The summed E-state index contributed by atoms with van der Waals surface area (Å²) >= 11 is 0. The van der Waals surface area contributed by atoms with Gasteiger partial charge in [0.05, 0.1) is 6.20 Å². The van der Waals surface area contributed by atoms with Gasteiger partial charge in [-0.3, -0.25) is 5.10 Å². The minimum Gasteiger partial charge on any atom is -0.478 e. The van der Waals surface area contributed by atoms with E-state index in [1.165, 1.54) is 25.1 Å². The Kier molecular flexibility index (Phi) is 4.05. The van der Waals surface area contributed by atoms with Gasteiger partial charge in [-0.1, -0.05) is 18.2 Å². The monoisotopic (exact) mass is 313 g/mol. The van der Waals surface area contributed by atoms with E-state index in [2.05, 4.69) is 14.9 Å². The van der Waals surface area contributed by atoms with Crippen LogP contribution in [0.15, 0.2) is 35.5 Å². The summed E-state index contributed by atoms with van der Waals surface area (Å²) in [4.78, 5) is 10.9. The second-order valence-corrected chi connectivity index (χ2v) is 5.93. The van der Waals surface area contributed by atoms with Gasteiger partial charge in [0.15, 0.2) is 5.03 Å². The molecule has 7 nitrogen and oxygen atoms in total. The molecular formula is C12H12FN3O4S. The number of carboxylic acids is 1. The number of aromatic amines is 1. The van der Waals surface area contributed by atoms with Crippen LogP contribution >= 0.6 is 0 Å². The fourth-order valence-corrected chi connectivity index (χ4v) is 3.13. The third-order valence-corrected chi connectivity index (χ3v) is 4.32. The van der Waals surface area contributed by atoms with Crippen LogP contribution in [0.5, 0.6) is 0 Å². The molecule has 0 spiro atoms. The zero-order valence-corrected chi connectivity index (χ0v) is 11.7. The lowest BCUT2D eigenvalue weighted by atomic mass is 10.1. The molecular weight excluding hydrogens is 301 g/mol. The average Bonchev–Trinajstić information content (AvgIpc) is 2.88. The van der Waals surface area contributed by atoms with Crippen LogP contribution in [-0.2, 0) is 10.0 Å². The summed E-state index contributed by atoms with van der Waals surface area (Å²) in [7, 11) is -4.17. The normalized spacial score (nSPS) is 13.0. The van der Waals surface area contributed by atoms with E-state index in [0.29, 0.717) is 0 Å². The number of sulfonamides is 1. The first-order chi connectivity index (χ1) is 9.83. The van der Waals surface area contributed by atoms with Crippen LogP contribution in [0.2, 0.25) is 0 Å². The molecule has 1 heterocycles. The summed E-state index contributed by atoms with van der Waals surface area (Å²) in [6, 6.07) is 4.83. The first-order valence-corrected chi connectivity index (χ1v) is 7.34. The van der Waals surface area contributed by atoms with Gasteiger partial charge in [0.1, 0.15) is 11.4 Å². The molecule has 0 saturated carbocycles. The van der Waals surface area contributed by atoms with E-state index < -0.39 is 38.4 Å². The van der Waals surface area contributed by atoms with Gasteiger partial charge in [-0.25, -0.2) is 22.3 Å². The van der Waals surface area contributed by atoms with Gasteiger partial charge in [-0.05, 0) is 13.0 Å². The summed E-state index contributed by atoms with van der Waals surface area (Å²) in [5, 5.41) is 13.9. The highest BCUT2D eigenvalue weighted by atomic mass is 32.2. The van der Waals surface area contributed by atoms with Crippen molar-refractivity contribution >= 4 is 16.0 Å². The number of hydrogen-bond donors (Lipinski definition) is 3. The number of carboxylic acid groups (broad SMARTS) is 1. The predicted octanol–water partition coefficient (Wildman–Crippen LogP) is 1.29. The Morgan fingerprint density at radius 3 is 2.71 bits per heavy atom. The number of rotatable bonds is 5. The summed E-state index contributed by atoms with van der Waals surface area (Å²) in [6.07, 6.45) is 0.894. The molecule has 1 atom stereocenters. The van der Waals surface area contributed by atoms with Crippen molar-refractivity contribution in [2.75, 3.05) is 0 Å². The standard InChI is InChI=1S/C12H12FN3O4S/c1-7(8-4-2-3-5-10(8)13)16-21(19,20)11-9(12(17)18)6-14-15-11/h2-7,16H,1H3,(H,14,15)(H,17,18)/t7-/m1/s1. The Bertz CT molecular complexity index is 772. The van der Waals surface area contributed by atoms with E-state index >= 15 is 0 Å². The van der Waals surface area contributed by atoms with Crippen molar-refractivity contribution in [3.63, 3.8) is 0 Å². The number of carbonyl (C=O) groups is 1. The molecule has 2 rings (SSSR count). The van der Waals surface area contributed by atoms with Gasteiger partial charge >= 0.3 is 5.97 Å². The lowest BCUT2D eigenvalue weighted by Gasteiger charge is -2.14. The van der Waals surface area contributed by atoms with Crippen LogP contribution in [-0.4, -0.2) is 29.7 Å². The Balaban J connectivity index is 2.32. The molecule has 3 N–H and O–H groups in total. The van der Waals surface area contributed by atoms with Gasteiger partial charge in [0.2, 0.25) is 0 Å². The van der Waals surface area contributed by atoms with Crippen LogP contribution in [0.25, 0.3) is 0 Å². The molecule has 0 aliphatic carbocycles. The minimum atomic E-state index is -4.17. The molecule has 0 radical (unpaired) electrons. The van der Waals surface area contributed by atoms with Crippen LogP contribution < -0.4 is 4.72 Å². The maximum Gasteiger partial charge on any atom is 0.340 e. The van der Waals surface area contributed by atoms with Crippen LogP contribution in [0.1, 0.15) is 28.9 Å². The average molecular weight is 313 g/mol. The Morgan fingerprint density at radius 2 is 2.10 bits per heavy atom. The SMILES string of the molecule is C[C@@H](NS(=O)(=O)c1[nH]ncc1C(=O)O)c1ccccc1F. The van der Waals surface area contributed by atoms with Crippen molar-refractivity contribution in [3.8, 4) is 0 Å². The van der Waals surface area contributed by atoms with E-state index in [4.69, 9.17) is 5.11 Å². The van der Waals surface area contributed by atoms with Crippen molar-refractivity contribution in [1.29, 1.82) is 0 Å². The maximum atomic E-state index is 13.6. The first-order valence-electron chi connectivity index (χ1n) is 5.86. The van der Waals surface area contributed by atoms with E-state index in [0.717, 1.165) is 6.20 Å². The molecule has 21 heavy (non-hydrogen) atoms. The molecule has 0 aliphatic heterocycles. The molecule has 2 aromatic rings. The molecule has 0 aliphatic rings. The second-order valence-electron chi connectivity index (χ2n) is 4.28. The van der Waals surface area contributed by atoms with Crippen LogP contribution in [0.4, 0.5) is 4.39 Å². The number of benzene rings is 1. The van der Waals surface area contributed by atoms with Gasteiger partial charge in [0, 0.05) is 11.6 Å². The molecule has 9 heteroatoms. The quantitative estimate of drug-likeness (QED) is 0.770. The number of aromatic carboxylic acids is 1. The fourth-order valence-electron chi connectivity index (χ4n) is 1.81. The second kappa shape index (κ2) is 5.62. The molecule has 0 saturated heterocycles. The number of nitrogens with one attached hydrogen (secondary N) is 2. The maximum absolute atomic E-state index is 13.6. The highest BCUT2D eigenvalue weighted by molar-refractivity contribution is 7.89. The van der Waals surface area contributed by atoms with Gasteiger partial charge in [-0.15, -0.1) is 0 Å². The molecule has 112 valence electrons. The van der Waals surface area contributed by atoms with E-state index in [9.17, 15) is 17.6 Å².